The van der Waals surface area contributed by atoms with Crippen molar-refractivity contribution >= 4 is 34.9 Å². The van der Waals surface area contributed by atoms with E-state index in [4.69, 9.17) is 30.8 Å². The second kappa shape index (κ2) is 13.5. The number of halogens is 1. The Kier molecular flexibility index (Phi) is 9.56. The summed E-state index contributed by atoms with van der Waals surface area (Å²) >= 11 is 7.60. The molecule has 0 saturated carbocycles. The van der Waals surface area contributed by atoms with Gasteiger partial charge in [0.15, 0.2) is 4.80 Å². The fraction of sp³-hybridized carbons (Fsp3) is 0.265. The van der Waals surface area contributed by atoms with Crippen molar-refractivity contribution in [1.29, 1.82) is 0 Å². The van der Waals surface area contributed by atoms with Gasteiger partial charge < -0.3 is 19.1 Å². The summed E-state index contributed by atoms with van der Waals surface area (Å²) in [6.45, 7) is 6.98. The number of amides is 1. The van der Waals surface area contributed by atoms with Gasteiger partial charge in [-0.3, -0.25) is 14.2 Å². The van der Waals surface area contributed by atoms with E-state index in [-0.39, 0.29) is 18.1 Å². The molecule has 8 nitrogen and oxygen atoms in total. The summed E-state index contributed by atoms with van der Waals surface area (Å²) in [6.07, 6.45) is 1.80. The largest absolute Gasteiger partial charge is 0.497 e. The first-order chi connectivity index (χ1) is 21.3. The van der Waals surface area contributed by atoms with Gasteiger partial charge in [0.25, 0.3) is 11.5 Å². The summed E-state index contributed by atoms with van der Waals surface area (Å²) in [5.74, 6) is 1.54. The third-order valence-electron chi connectivity index (χ3n) is 7.58. The number of ether oxygens (including phenoxy) is 3. The van der Waals surface area contributed by atoms with Crippen LogP contribution >= 0.6 is 22.9 Å². The molecule has 0 radical (unpaired) electrons. The molecule has 2 heterocycles. The van der Waals surface area contributed by atoms with Crippen LogP contribution in [0.1, 0.15) is 43.5 Å². The Balaban J connectivity index is 1.67. The lowest BCUT2D eigenvalue weighted by Gasteiger charge is -2.30. The first kappa shape index (κ1) is 31.1. The molecule has 0 aliphatic carbocycles. The number of fused-ring (bicyclic) bond motifs is 1. The molecule has 1 aromatic heterocycles. The highest BCUT2D eigenvalue weighted by Gasteiger charge is 2.36. The summed E-state index contributed by atoms with van der Waals surface area (Å²) in [5.41, 5.74) is 2.91. The third kappa shape index (κ3) is 6.02. The van der Waals surface area contributed by atoms with E-state index < -0.39 is 6.04 Å². The molecule has 1 atom stereocenters. The maximum Gasteiger partial charge on any atom is 0.271 e. The summed E-state index contributed by atoms with van der Waals surface area (Å²) in [7, 11) is 3.14. The second-order valence-electron chi connectivity index (χ2n) is 10.1. The average molecular weight is 632 g/mol. The smallest absolute Gasteiger partial charge is 0.271 e. The minimum Gasteiger partial charge on any atom is -0.497 e. The number of rotatable bonds is 10. The zero-order valence-electron chi connectivity index (χ0n) is 25.3. The number of carbonyl (C=O) groups is 1. The Bertz CT molecular complexity index is 1910. The number of nitrogens with zero attached hydrogens (tertiary/aromatic N) is 3. The van der Waals surface area contributed by atoms with E-state index in [1.807, 2.05) is 75.4 Å². The zero-order chi connectivity index (χ0) is 31.4. The van der Waals surface area contributed by atoms with E-state index in [0.29, 0.717) is 61.5 Å². The Morgan fingerprint density at radius 2 is 1.75 bits per heavy atom. The molecule has 3 aromatic carbocycles. The van der Waals surface area contributed by atoms with Gasteiger partial charge in [-0.25, -0.2) is 4.99 Å². The van der Waals surface area contributed by atoms with Crippen molar-refractivity contribution in [3.63, 3.8) is 0 Å². The molecule has 1 aliphatic rings. The van der Waals surface area contributed by atoms with Crippen LogP contribution in [0.4, 0.5) is 0 Å². The number of para-hydroxylation sites is 1. The van der Waals surface area contributed by atoms with Crippen LogP contribution in [0.15, 0.2) is 87.8 Å². The van der Waals surface area contributed by atoms with Crippen LogP contribution in [-0.4, -0.2) is 42.7 Å². The number of benzene rings is 3. The number of aromatic nitrogens is 1. The van der Waals surface area contributed by atoms with Crippen LogP contribution in [0.3, 0.4) is 0 Å². The van der Waals surface area contributed by atoms with Crippen molar-refractivity contribution in [3.8, 4) is 17.2 Å². The van der Waals surface area contributed by atoms with Gasteiger partial charge in [0, 0.05) is 34.8 Å². The van der Waals surface area contributed by atoms with Crippen molar-refractivity contribution in [2.24, 2.45) is 4.99 Å². The van der Waals surface area contributed by atoms with E-state index in [1.54, 1.807) is 41.9 Å². The summed E-state index contributed by atoms with van der Waals surface area (Å²) in [5, 5.41) is 0.622. The maximum atomic E-state index is 14.3. The van der Waals surface area contributed by atoms with Gasteiger partial charge in [-0.1, -0.05) is 59.3 Å². The average Bonchev–Trinajstić information content (AvgIpc) is 3.34. The Morgan fingerprint density at radius 1 is 1.02 bits per heavy atom. The fourth-order valence-electron chi connectivity index (χ4n) is 5.27. The molecule has 44 heavy (non-hydrogen) atoms. The summed E-state index contributed by atoms with van der Waals surface area (Å²) in [6, 6.07) is 19.6. The van der Waals surface area contributed by atoms with Gasteiger partial charge in [-0.05, 0) is 57.2 Å². The lowest BCUT2D eigenvalue weighted by atomic mass is 9.93. The number of hydrogen-bond donors (Lipinski definition) is 0. The minimum atomic E-state index is -0.779. The van der Waals surface area contributed by atoms with Gasteiger partial charge in [0.2, 0.25) is 0 Å². The van der Waals surface area contributed by atoms with Crippen molar-refractivity contribution in [3.05, 3.63) is 119 Å². The number of hydrogen-bond acceptors (Lipinski definition) is 7. The number of allylic oxidation sites excluding steroid dienone is 1. The number of carbonyl (C=O) groups excluding carboxylic acids is 1. The van der Waals surface area contributed by atoms with E-state index in [2.05, 4.69) is 0 Å². The highest BCUT2D eigenvalue weighted by atomic mass is 35.5. The first-order valence-electron chi connectivity index (χ1n) is 14.3. The molecule has 0 fully saturated rings. The Labute approximate surface area is 265 Å². The van der Waals surface area contributed by atoms with Crippen LogP contribution in [0.2, 0.25) is 5.02 Å². The van der Waals surface area contributed by atoms with Crippen molar-refractivity contribution in [1.82, 2.24) is 9.47 Å². The third-order valence-corrected chi connectivity index (χ3v) is 8.93. The summed E-state index contributed by atoms with van der Waals surface area (Å²) in [4.78, 5) is 35.3. The van der Waals surface area contributed by atoms with Crippen LogP contribution in [0.5, 0.6) is 17.2 Å². The SMILES string of the molecule is CCN(CC)C(=O)C1=C(C)N=c2s/c(=C/c3ccccc3OCc3ccccc3Cl)c(=O)n2[C@H]1c1cc(OC)ccc1OC. The second-order valence-corrected chi connectivity index (χ2v) is 11.5. The van der Waals surface area contributed by atoms with Crippen LogP contribution in [-0.2, 0) is 11.4 Å². The van der Waals surface area contributed by atoms with Gasteiger partial charge in [-0.2, -0.15) is 0 Å². The molecule has 1 aliphatic heterocycles. The molecular formula is C34H34ClN3O5S. The van der Waals surface area contributed by atoms with E-state index in [1.165, 1.54) is 11.3 Å². The molecule has 0 spiro atoms. The lowest BCUT2D eigenvalue weighted by Crippen LogP contribution is -2.43. The zero-order valence-corrected chi connectivity index (χ0v) is 26.9. The lowest BCUT2D eigenvalue weighted by molar-refractivity contribution is -0.127. The topological polar surface area (TPSA) is 82.4 Å². The Hall–Kier alpha value is -4.34. The van der Waals surface area contributed by atoms with Gasteiger partial charge in [0.05, 0.1) is 30.0 Å². The highest BCUT2D eigenvalue weighted by Crippen LogP contribution is 2.38. The molecule has 5 rings (SSSR count). The van der Waals surface area contributed by atoms with Crippen LogP contribution in [0.25, 0.3) is 6.08 Å². The van der Waals surface area contributed by atoms with Crippen LogP contribution < -0.4 is 29.1 Å². The number of thiazole rings is 1. The predicted molar refractivity (Wildman–Crippen MR) is 173 cm³/mol. The summed E-state index contributed by atoms with van der Waals surface area (Å²) < 4.78 is 19.5. The van der Waals surface area contributed by atoms with Crippen molar-refractivity contribution < 1.29 is 19.0 Å². The standard InChI is InChI=1S/C34H34ClN3O5S/c1-6-37(7-2)33(40)30-21(3)36-34-38(31(30)25-19-24(41-4)16-17-28(25)42-5)32(39)29(44-34)18-22-12-9-11-15-27(22)43-20-23-13-8-10-14-26(23)35/h8-19,31H,6-7,20H2,1-5H3/b29-18+/t31-/m0/s1. The molecule has 0 saturated heterocycles. The molecule has 228 valence electrons. The quantitative estimate of drug-likeness (QED) is 0.236. The molecular weight excluding hydrogens is 598 g/mol. The molecule has 4 aromatic rings. The van der Waals surface area contributed by atoms with Crippen molar-refractivity contribution in [2.75, 3.05) is 27.3 Å². The van der Waals surface area contributed by atoms with Gasteiger partial charge in [-0.15, -0.1) is 0 Å². The normalized spacial score (nSPS) is 14.6. The van der Waals surface area contributed by atoms with E-state index >= 15 is 0 Å². The van der Waals surface area contributed by atoms with Gasteiger partial charge >= 0.3 is 0 Å². The van der Waals surface area contributed by atoms with Gasteiger partial charge in [0.1, 0.15) is 29.9 Å². The predicted octanol–water partition coefficient (Wildman–Crippen LogP) is 5.35. The molecule has 1 amide bonds. The highest BCUT2D eigenvalue weighted by molar-refractivity contribution is 7.07. The van der Waals surface area contributed by atoms with E-state index in [0.717, 1.165) is 11.1 Å². The Morgan fingerprint density at radius 3 is 2.45 bits per heavy atom. The van der Waals surface area contributed by atoms with Crippen molar-refractivity contribution in [2.45, 2.75) is 33.4 Å². The first-order valence-corrected chi connectivity index (χ1v) is 15.5. The molecule has 10 heteroatoms. The fourth-order valence-corrected chi connectivity index (χ4v) is 6.49. The molecule has 0 unspecified atom stereocenters. The minimum absolute atomic E-state index is 0.182. The molecule has 0 N–H and O–H groups in total. The monoisotopic (exact) mass is 631 g/mol. The van der Waals surface area contributed by atoms with E-state index in [9.17, 15) is 9.59 Å². The number of likely N-dealkylation sites (N-methyl/N-ethyl adjacent to an activating group) is 1. The molecule has 0 bridgehead atoms. The van der Waals surface area contributed by atoms with Crippen LogP contribution in [0, 0.1) is 0 Å². The number of methoxy groups -OCH3 is 2. The maximum absolute atomic E-state index is 14.3.